The lowest BCUT2D eigenvalue weighted by Gasteiger charge is -2.12. The number of rotatable bonds is 5. The third-order valence-corrected chi connectivity index (χ3v) is 2.48. The van der Waals surface area contributed by atoms with Crippen LogP contribution in [-0.4, -0.2) is 25.7 Å². The number of carbonyl (C=O) groups is 1. The van der Waals surface area contributed by atoms with Crippen molar-refractivity contribution in [2.45, 2.75) is 19.4 Å². The quantitative estimate of drug-likeness (QED) is 0.842. The second-order valence-corrected chi connectivity index (χ2v) is 3.96. The maximum Gasteiger partial charge on any atom is 0.241 e. The molecule has 0 heterocycles. The Bertz CT molecular complexity index is 438. The summed E-state index contributed by atoms with van der Waals surface area (Å²) in [6.45, 7) is 1.76. The van der Waals surface area contributed by atoms with Crippen LogP contribution in [0.1, 0.15) is 12.0 Å². The molecule has 0 bridgehead atoms. The monoisotopic (exact) mass is 258 g/mol. The van der Waals surface area contributed by atoms with Crippen LogP contribution in [0.2, 0.25) is 0 Å². The lowest BCUT2D eigenvalue weighted by atomic mass is 10.1. The maximum absolute atomic E-state index is 13.5. The molecule has 0 saturated heterocycles. The van der Waals surface area contributed by atoms with E-state index in [1.807, 2.05) is 0 Å². The third kappa shape index (κ3) is 3.75. The van der Waals surface area contributed by atoms with E-state index in [0.717, 1.165) is 12.1 Å². The molecule has 0 radical (unpaired) electrons. The molecule has 6 heteroatoms. The van der Waals surface area contributed by atoms with Crippen LogP contribution in [0.5, 0.6) is 0 Å². The molecule has 4 nitrogen and oxygen atoms in total. The molecule has 0 spiro atoms. The Kier molecular flexibility index (Phi) is 5.18. The molecule has 0 aliphatic heterocycles. The van der Waals surface area contributed by atoms with E-state index in [1.165, 1.54) is 14.0 Å². The van der Waals surface area contributed by atoms with Crippen LogP contribution in [0.15, 0.2) is 12.1 Å². The van der Waals surface area contributed by atoms with E-state index in [-0.39, 0.29) is 11.3 Å². The number of halogens is 2. The van der Waals surface area contributed by atoms with E-state index in [9.17, 15) is 13.6 Å². The van der Waals surface area contributed by atoms with Crippen LogP contribution in [0.4, 0.5) is 14.5 Å². The summed E-state index contributed by atoms with van der Waals surface area (Å²) in [6.07, 6.45) is 0.304. The standard InChI is InChI=1S/C12H16F2N2O2/c1-7-5-9(14)11(6-8(7)13)16-12(17)10(15)3-4-18-2/h5-6,10H,3-4,15H2,1-2H3,(H,16,17). The predicted molar refractivity (Wildman–Crippen MR) is 64.2 cm³/mol. The Hall–Kier alpha value is -1.53. The molecule has 1 rings (SSSR count). The number of carbonyl (C=O) groups excluding carboxylic acids is 1. The fourth-order valence-corrected chi connectivity index (χ4v) is 1.34. The van der Waals surface area contributed by atoms with E-state index < -0.39 is 23.6 Å². The Labute approximate surface area is 104 Å². The zero-order valence-electron chi connectivity index (χ0n) is 10.3. The molecule has 0 aromatic heterocycles. The molecule has 1 unspecified atom stereocenters. The van der Waals surface area contributed by atoms with Gasteiger partial charge in [-0.2, -0.15) is 0 Å². The summed E-state index contributed by atoms with van der Waals surface area (Å²) in [4.78, 5) is 11.6. The Balaban J connectivity index is 2.72. The van der Waals surface area contributed by atoms with Gasteiger partial charge in [-0.1, -0.05) is 0 Å². The number of methoxy groups -OCH3 is 1. The third-order valence-electron chi connectivity index (χ3n) is 2.48. The first kappa shape index (κ1) is 14.5. The Morgan fingerprint density at radius 2 is 2.11 bits per heavy atom. The van der Waals surface area contributed by atoms with Gasteiger partial charge in [0.15, 0.2) is 0 Å². The largest absolute Gasteiger partial charge is 0.385 e. The topological polar surface area (TPSA) is 64.3 Å². The number of benzene rings is 1. The molecule has 1 aromatic carbocycles. The first-order chi connectivity index (χ1) is 8.45. The van der Waals surface area contributed by atoms with E-state index in [0.29, 0.717) is 13.0 Å². The summed E-state index contributed by atoms with van der Waals surface area (Å²) in [5.74, 6) is -1.85. The Morgan fingerprint density at radius 1 is 1.44 bits per heavy atom. The molecular weight excluding hydrogens is 242 g/mol. The van der Waals surface area contributed by atoms with E-state index >= 15 is 0 Å². The number of aryl methyl sites for hydroxylation is 1. The molecule has 0 saturated carbocycles. The number of nitrogens with one attached hydrogen (secondary N) is 1. The summed E-state index contributed by atoms with van der Waals surface area (Å²) in [5, 5.41) is 2.25. The number of ether oxygens (including phenoxy) is 1. The summed E-state index contributed by atoms with van der Waals surface area (Å²) < 4.78 is 31.5. The summed E-state index contributed by atoms with van der Waals surface area (Å²) in [6, 6.07) is 1.13. The van der Waals surface area contributed by atoms with Gasteiger partial charge in [0.2, 0.25) is 5.91 Å². The highest BCUT2D eigenvalue weighted by Crippen LogP contribution is 2.18. The van der Waals surface area contributed by atoms with Crippen LogP contribution in [0.3, 0.4) is 0 Å². The molecule has 3 N–H and O–H groups in total. The van der Waals surface area contributed by atoms with Crippen LogP contribution in [0, 0.1) is 18.6 Å². The molecule has 1 aromatic rings. The van der Waals surface area contributed by atoms with E-state index in [4.69, 9.17) is 10.5 Å². The van der Waals surface area contributed by atoms with Crippen molar-refractivity contribution in [3.8, 4) is 0 Å². The van der Waals surface area contributed by atoms with E-state index in [1.54, 1.807) is 0 Å². The van der Waals surface area contributed by atoms with Crippen LogP contribution >= 0.6 is 0 Å². The number of hydrogen-bond donors (Lipinski definition) is 2. The van der Waals surface area contributed by atoms with Gasteiger partial charge in [0.25, 0.3) is 0 Å². The highest BCUT2D eigenvalue weighted by molar-refractivity contribution is 5.94. The van der Waals surface area contributed by atoms with Crippen molar-refractivity contribution in [3.05, 3.63) is 29.3 Å². The van der Waals surface area contributed by atoms with Crippen molar-refractivity contribution in [2.75, 3.05) is 19.0 Å². The zero-order valence-corrected chi connectivity index (χ0v) is 10.3. The number of amides is 1. The average molecular weight is 258 g/mol. The summed E-state index contributed by atoms with van der Waals surface area (Å²) in [5.41, 5.74) is 5.52. The first-order valence-electron chi connectivity index (χ1n) is 5.46. The van der Waals surface area contributed by atoms with Crippen molar-refractivity contribution in [1.82, 2.24) is 0 Å². The summed E-state index contributed by atoms with van der Waals surface area (Å²) in [7, 11) is 1.49. The summed E-state index contributed by atoms with van der Waals surface area (Å²) >= 11 is 0. The van der Waals surface area contributed by atoms with Gasteiger partial charge < -0.3 is 15.8 Å². The number of anilines is 1. The fourth-order valence-electron chi connectivity index (χ4n) is 1.34. The lowest BCUT2D eigenvalue weighted by Crippen LogP contribution is -2.36. The van der Waals surface area contributed by atoms with Gasteiger partial charge in [0.05, 0.1) is 11.7 Å². The highest BCUT2D eigenvalue weighted by atomic mass is 19.1. The Morgan fingerprint density at radius 3 is 2.72 bits per heavy atom. The maximum atomic E-state index is 13.5. The zero-order chi connectivity index (χ0) is 13.7. The molecule has 0 aliphatic rings. The van der Waals surface area contributed by atoms with Crippen molar-refractivity contribution in [2.24, 2.45) is 5.73 Å². The second-order valence-electron chi connectivity index (χ2n) is 3.96. The van der Waals surface area contributed by atoms with Gasteiger partial charge >= 0.3 is 0 Å². The molecule has 0 aliphatic carbocycles. The highest BCUT2D eigenvalue weighted by Gasteiger charge is 2.16. The normalized spacial score (nSPS) is 12.3. The van der Waals surface area contributed by atoms with Gasteiger partial charge in [-0.25, -0.2) is 8.78 Å². The van der Waals surface area contributed by atoms with Crippen molar-refractivity contribution < 1.29 is 18.3 Å². The molecular formula is C12H16F2N2O2. The molecule has 18 heavy (non-hydrogen) atoms. The van der Waals surface area contributed by atoms with Crippen LogP contribution in [-0.2, 0) is 9.53 Å². The minimum absolute atomic E-state index is 0.175. The fraction of sp³-hybridized carbons (Fsp3) is 0.417. The lowest BCUT2D eigenvalue weighted by molar-refractivity contribution is -0.117. The van der Waals surface area contributed by atoms with Gasteiger partial charge in [0.1, 0.15) is 11.6 Å². The minimum Gasteiger partial charge on any atom is -0.385 e. The van der Waals surface area contributed by atoms with E-state index in [2.05, 4.69) is 5.32 Å². The smallest absolute Gasteiger partial charge is 0.241 e. The van der Waals surface area contributed by atoms with Crippen molar-refractivity contribution >= 4 is 11.6 Å². The van der Waals surface area contributed by atoms with Crippen molar-refractivity contribution in [1.29, 1.82) is 0 Å². The number of hydrogen-bond acceptors (Lipinski definition) is 3. The van der Waals surface area contributed by atoms with Crippen molar-refractivity contribution in [3.63, 3.8) is 0 Å². The molecule has 1 atom stereocenters. The average Bonchev–Trinajstić information content (AvgIpc) is 2.32. The van der Waals surface area contributed by atoms with Crippen LogP contribution in [0.25, 0.3) is 0 Å². The first-order valence-corrected chi connectivity index (χ1v) is 5.46. The number of nitrogens with two attached hydrogens (primary N) is 1. The minimum atomic E-state index is -0.825. The van der Waals surface area contributed by atoms with Crippen LogP contribution < -0.4 is 11.1 Å². The van der Waals surface area contributed by atoms with Gasteiger partial charge in [-0.15, -0.1) is 0 Å². The van der Waals surface area contributed by atoms with Gasteiger partial charge in [-0.3, -0.25) is 4.79 Å². The SMILES string of the molecule is COCCC(N)C(=O)Nc1cc(F)c(C)cc1F. The predicted octanol–water partition coefficient (Wildman–Crippen LogP) is 1.58. The molecule has 0 fully saturated rings. The van der Waals surface area contributed by atoms with Gasteiger partial charge in [0, 0.05) is 19.8 Å². The van der Waals surface area contributed by atoms with Gasteiger partial charge in [-0.05, 0) is 25.0 Å². The molecule has 100 valence electrons. The molecule has 1 amide bonds. The second kappa shape index (κ2) is 6.42.